The van der Waals surface area contributed by atoms with E-state index in [0.717, 1.165) is 25.8 Å². The molecule has 1 unspecified atom stereocenters. The number of anilines is 1. The maximum Gasteiger partial charge on any atom is 0.267 e. The zero-order valence-corrected chi connectivity index (χ0v) is 12.7. The average molecular weight is 299 g/mol. The number of amides is 1. The van der Waals surface area contributed by atoms with Crippen molar-refractivity contribution in [2.75, 3.05) is 11.9 Å². The van der Waals surface area contributed by atoms with Gasteiger partial charge in [-0.25, -0.2) is 0 Å². The number of hydrogen-bond donors (Lipinski definition) is 2. The Labute approximate surface area is 130 Å². The predicted octanol–water partition coefficient (Wildman–Crippen LogP) is 3.00. The van der Waals surface area contributed by atoms with Crippen molar-refractivity contribution in [3.8, 4) is 11.8 Å². The molecule has 2 N–H and O–H groups in total. The highest BCUT2D eigenvalue weighted by Gasteiger charge is 2.20. The van der Waals surface area contributed by atoms with Crippen molar-refractivity contribution >= 4 is 11.6 Å². The number of phenols is 1. The Morgan fingerprint density at radius 2 is 2.18 bits per heavy atom. The van der Waals surface area contributed by atoms with Crippen LogP contribution in [0.1, 0.15) is 32.6 Å². The molecule has 0 bridgehead atoms. The van der Waals surface area contributed by atoms with Crippen LogP contribution in [-0.4, -0.2) is 28.5 Å². The third-order valence-corrected chi connectivity index (χ3v) is 3.93. The normalized spacial score (nSPS) is 18.6. The molecule has 1 aliphatic rings. The lowest BCUT2D eigenvalue weighted by Gasteiger charge is -2.34. The summed E-state index contributed by atoms with van der Waals surface area (Å²) in [5, 5.41) is 21.2. The Bertz CT molecular complexity index is 587. The Morgan fingerprint density at radius 1 is 1.45 bits per heavy atom. The molecule has 22 heavy (non-hydrogen) atoms. The summed E-state index contributed by atoms with van der Waals surface area (Å²) < 4.78 is 0. The van der Waals surface area contributed by atoms with Gasteiger partial charge >= 0.3 is 0 Å². The van der Waals surface area contributed by atoms with Gasteiger partial charge in [-0.15, -0.1) is 0 Å². The lowest BCUT2D eigenvalue weighted by atomic mass is 10.0. The zero-order valence-electron chi connectivity index (χ0n) is 12.7. The Hall–Kier alpha value is -2.48. The van der Waals surface area contributed by atoms with E-state index in [1.54, 1.807) is 18.3 Å². The first-order chi connectivity index (χ1) is 10.6. The fourth-order valence-corrected chi connectivity index (χ4v) is 2.68. The van der Waals surface area contributed by atoms with E-state index < -0.39 is 5.91 Å². The number of nitriles is 1. The maximum absolute atomic E-state index is 12.2. The first kappa shape index (κ1) is 15.9. The van der Waals surface area contributed by atoms with Gasteiger partial charge in [-0.1, -0.05) is 6.92 Å². The summed E-state index contributed by atoms with van der Waals surface area (Å²) in [5.74, 6) is -0.290. The fourth-order valence-electron chi connectivity index (χ4n) is 2.68. The van der Waals surface area contributed by atoms with E-state index in [4.69, 9.17) is 0 Å². The third-order valence-electron chi connectivity index (χ3n) is 3.93. The van der Waals surface area contributed by atoms with E-state index in [-0.39, 0.29) is 11.3 Å². The van der Waals surface area contributed by atoms with Crippen LogP contribution in [0.2, 0.25) is 0 Å². The summed E-state index contributed by atoms with van der Waals surface area (Å²) in [5.41, 5.74) is 0.656. The number of carbonyl (C=O) groups excluding carboxylic acids is 1. The summed E-state index contributed by atoms with van der Waals surface area (Å²) in [6.07, 6.45) is 6.08. The smallest absolute Gasteiger partial charge is 0.267 e. The summed E-state index contributed by atoms with van der Waals surface area (Å²) in [7, 11) is 0. The number of phenolic OH excluding ortho intramolecular Hbond substituents is 1. The number of piperidine rings is 1. The van der Waals surface area contributed by atoms with Crippen molar-refractivity contribution in [3.05, 3.63) is 36.0 Å². The number of hydrogen-bond acceptors (Lipinski definition) is 4. The molecular weight excluding hydrogens is 278 g/mol. The molecule has 1 atom stereocenters. The molecule has 0 aromatic heterocycles. The van der Waals surface area contributed by atoms with Gasteiger partial charge in [0.1, 0.15) is 17.4 Å². The van der Waals surface area contributed by atoms with Crippen LogP contribution in [0.3, 0.4) is 0 Å². The van der Waals surface area contributed by atoms with Crippen LogP contribution >= 0.6 is 0 Å². The van der Waals surface area contributed by atoms with Crippen molar-refractivity contribution in [3.63, 3.8) is 0 Å². The number of benzene rings is 1. The maximum atomic E-state index is 12.2. The largest absolute Gasteiger partial charge is 0.508 e. The number of carbonyl (C=O) groups is 1. The minimum atomic E-state index is -0.423. The van der Waals surface area contributed by atoms with Gasteiger partial charge in [-0.05, 0) is 49.9 Å². The molecule has 5 heteroatoms. The van der Waals surface area contributed by atoms with Crippen LogP contribution in [0, 0.1) is 11.3 Å². The van der Waals surface area contributed by atoms with Crippen molar-refractivity contribution in [2.45, 2.75) is 38.6 Å². The molecule has 1 aromatic rings. The predicted molar refractivity (Wildman–Crippen MR) is 85.1 cm³/mol. The third kappa shape index (κ3) is 4.01. The first-order valence-electron chi connectivity index (χ1n) is 7.62. The fraction of sp³-hybridized carbons (Fsp3) is 0.412. The molecular formula is C17H21N3O2. The molecule has 116 valence electrons. The Kier molecular flexibility index (Phi) is 5.42. The van der Waals surface area contributed by atoms with Gasteiger partial charge < -0.3 is 15.3 Å². The van der Waals surface area contributed by atoms with E-state index in [9.17, 15) is 15.2 Å². The molecule has 1 aliphatic heterocycles. The van der Waals surface area contributed by atoms with Crippen LogP contribution in [0.5, 0.6) is 5.75 Å². The Morgan fingerprint density at radius 3 is 2.82 bits per heavy atom. The van der Waals surface area contributed by atoms with E-state index in [1.807, 2.05) is 6.07 Å². The van der Waals surface area contributed by atoms with Gasteiger partial charge in [0.25, 0.3) is 5.91 Å². The molecule has 1 amide bonds. The van der Waals surface area contributed by atoms with Crippen LogP contribution in [0.4, 0.5) is 5.69 Å². The average Bonchev–Trinajstić information content (AvgIpc) is 2.55. The topological polar surface area (TPSA) is 76.4 Å². The van der Waals surface area contributed by atoms with Gasteiger partial charge in [0, 0.05) is 24.5 Å². The van der Waals surface area contributed by atoms with Gasteiger partial charge in [0.15, 0.2) is 0 Å². The SMILES string of the molecule is CCC1CCCCN1/C=C(/C#N)C(=O)Nc1ccc(O)cc1. The van der Waals surface area contributed by atoms with E-state index in [2.05, 4.69) is 17.1 Å². The number of likely N-dealkylation sites (tertiary alicyclic amines) is 1. The summed E-state index contributed by atoms with van der Waals surface area (Å²) in [4.78, 5) is 14.3. The van der Waals surface area contributed by atoms with Crippen LogP contribution in [0.25, 0.3) is 0 Å². The number of aromatic hydroxyl groups is 1. The highest BCUT2D eigenvalue weighted by atomic mass is 16.3. The highest BCUT2D eigenvalue weighted by molar-refractivity contribution is 6.06. The minimum Gasteiger partial charge on any atom is -0.508 e. The molecule has 2 rings (SSSR count). The van der Waals surface area contributed by atoms with E-state index in [1.165, 1.54) is 18.6 Å². The van der Waals surface area contributed by atoms with Crippen LogP contribution < -0.4 is 5.32 Å². The summed E-state index contributed by atoms with van der Waals surface area (Å²) >= 11 is 0. The second-order valence-electron chi connectivity index (χ2n) is 5.45. The van der Waals surface area contributed by atoms with Crippen LogP contribution in [0.15, 0.2) is 36.0 Å². The quantitative estimate of drug-likeness (QED) is 0.509. The highest BCUT2D eigenvalue weighted by Crippen LogP contribution is 2.21. The lowest BCUT2D eigenvalue weighted by Crippen LogP contribution is -2.35. The lowest BCUT2D eigenvalue weighted by molar-refractivity contribution is -0.112. The van der Waals surface area contributed by atoms with Gasteiger partial charge in [-0.2, -0.15) is 5.26 Å². The Balaban J connectivity index is 2.09. The van der Waals surface area contributed by atoms with Gasteiger partial charge in [0.05, 0.1) is 0 Å². The van der Waals surface area contributed by atoms with Gasteiger partial charge in [-0.3, -0.25) is 4.79 Å². The molecule has 1 fully saturated rings. The molecule has 5 nitrogen and oxygen atoms in total. The van der Waals surface area contributed by atoms with Gasteiger partial charge in [0.2, 0.25) is 0 Å². The van der Waals surface area contributed by atoms with E-state index >= 15 is 0 Å². The molecule has 1 heterocycles. The molecule has 0 spiro atoms. The second-order valence-corrected chi connectivity index (χ2v) is 5.45. The van der Waals surface area contributed by atoms with E-state index in [0.29, 0.717) is 11.7 Å². The molecule has 0 aliphatic carbocycles. The molecule has 1 aromatic carbocycles. The molecule has 0 radical (unpaired) electrons. The number of nitrogens with zero attached hydrogens (tertiary/aromatic N) is 2. The molecule has 1 saturated heterocycles. The zero-order chi connectivity index (χ0) is 15.9. The number of nitrogens with one attached hydrogen (secondary N) is 1. The summed E-state index contributed by atoms with van der Waals surface area (Å²) in [6, 6.07) is 8.55. The van der Waals surface area contributed by atoms with Crippen molar-refractivity contribution in [1.82, 2.24) is 4.90 Å². The molecule has 0 saturated carbocycles. The summed E-state index contributed by atoms with van der Waals surface area (Å²) in [6.45, 7) is 3.01. The first-order valence-corrected chi connectivity index (χ1v) is 7.62. The van der Waals surface area contributed by atoms with Crippen molar-refractivity contribution in [2.24, 2.45) is 0 Å². The number of rotatable bonds is 4. The minimum absolute atomic E-state index is 0.105. The second kappa shape index (κ2) is 7.51. The van der Waals surface area contributed by atoms with Crippen molar-refractivity contribution < 1.29 is 9.90 Å². The van der Waals surface area contributed by atoms with Crippen LogP contribution in [-0.2, 0) is 4.79 Å². The monoisotopic (exact) mass is 299 g/mol. The standard InChI is InChI=1S/C17H21N3O2/c1-2-15-5-3-4-10-20(15)12-13(11-18)17(22)19-14-6-8-16(21)9-7-14/h6-9,12,15,21H,2-5,10H2,1H3,(H,19,22)/b13-12-. The van der Waals surface area contributed by atoms with Crippen molar-refractivity contribution in [1.29, 1.82) is 5.26 Å².